The van der Waals surface area contributed by atoms with Gasteiger partial charge in [0.25, 0.3) is 0 Å². The summed E-state index contributed by atoms with van der Waals surface area (Å²) in [5.74, 6) is 0. The molecule has 0 unspecified atom stereocenters. The molecule has 62 valence electrons. The van der Waals surface area contributed by atoms with E-state index in [0.29, 0.717) is 7.98 Å². The van der Waals surface area contributed by atoms with Crippen molar-refractivity contribution in [1.82, 2.24) is 14.7 Å². The van der Waals surface area contributed by atoms with E-state index in [-0.39, 0.29) is 0 Å². The van der Waals surface area contributed by atoms with E-state index in [1.807, 2.05) is 0 Å². The van der Waals surface area contributed by atoms with Crippen LogP contribution in [-0.4, -0.2) is 67.1 Å². The van der Waals surface area contributed by atoms with Crippen molar-refractivity contribution in [1.29, 1.82) is 0 Å². The van der Waals surface area contributed by atoms with Crippen molar-refractivity contribution >= 4 is 7.98 Å². The molecule has 4 heterocycles. The highest BCUT2D eigenvalue weighted by Crippen LogP contribution is 2.25. The smallest absolute Gasteiger partial charge is 0.172 e. The van der Waals surface area contributed by atoms with Gasteiger partial charge in [0.15, 0.2) is 7.98 Å². The summed E-state index contributed by atoms with van der Waals surface area (Å²) in [7, 11) is 0.461. The summed E-state index contributed by atoms with van der Waals surface area (Å²) in [5, 5.41) is 0. The summed E-state index contributed by atoms with van der Waals surface area (Å²) in [4.78, 5) is 7.76. The molecule has 0 aromatic rings. The summed E-state index contributed by atoms with van der Waals surface area (Å²) >= 11 is 0. The van der Waals surface area contributed by atoms with Crippen LogP contribution >= 0.6 is 0 Å². The lowest BCUT2D eigenvalue weighted by atomic mass is 10.2. The predicted molar refractivity (Wildman–Crippen MR) is 44.9 cm³/mol. The van der Waals surface area contributed by atoms with E-state index < -0.39 is 0 Å². The molecule has 0 N–H and O–H groups in total. The maximum absolute atomic E-state index is 2.59. The molecule has 11 heavy (non-hydrogen) atoms. The first kappa shape index (κ1) is 6.42. The Bertz CT molecular complexity index is 160. The van der Waals surface area contributed by atoms with E-state index in [2.05, 4.69) is 14.7 Å². The van der Waals surface area contributed by atoms with Crippen molar-refractivity contribution in [2.24, 2.45) is 0 Å². The summed E-state index contributed by atoms with van der Waals surface area (Å²) in [5.41, 5.74) is 0. The molecule has 0 aromatic carbocycles. The quantitative estimate of drug-likeness (QED) is 0.366. The zero-order chi connectivity index (χ0) is 7.47. The van der Waals surface area contributed by atoms with E-state index in [1.54, 1.807) is 0 Å². The number of quaternary nitrogens is 1. The van der Waals surface area contributed by atoms with Crippen molar-refractivity contribution in [3.63, 3.8) is 0 Å². The average Bonchev–Trinajstić information content (AvgIpc) is 1.79. The van der Waals surface area contributed by atoms with Gasteiger partial charge in [-0.1, -0.05) is 0 Å². The predicted octanol–water partition coefficient (Wildman–Crippen LogP) is -2.22. The number of hydrogen-bond acceptors (Lipinski definition) is 3. The second-order valence-electron chi connectivity index (χ2n) is 3.53. The maximum atomic E-state index is 2.59. The van der Waals surface area contributed by atoms with Crippen LogP contribution in [0.3, 0.4) is 0 Å². The van der Waals surface area contributed by atoms with E-state index in [1.165, 1.54) is 44.4 Å². The third-order valence-corrected chi connectivity index (χ3v) is 2.40. The third-order valence-electron chi connectivity index (χ3n) is 2.40. The zero-order valence-electron chi connectivity index (χ0n) is 6.03. The zero-order valence-corrected chi connectivity index (χ0v) is 6.03. The van der Waals surface area contributed by atoms with Gasteiger partial charge in [0.1, 0.15) is 0 Å². The summed E-state index contributed by atoms with van der Waals surface area (Å²) in [6.07, 6.45) is 0. The highest BCUT2D eigenvalue weighted by Gasteiger charge is 2.41. The fourth-order valence-corrected chi connectivity index (χ4v) is 2.23. The van der Waals surface area contributed by atoms with Gasteiger partial charge in [0, 0.05) is 0 Å². The first-order chi connectivity index (χ1) is 5.23. The molecule has 0 amide bonds. The largest absolute Gasteiger partial charge is 0.484 e. The van der Waals surface area contributed by atoms with Gasteiger partial charge in [-0.2, -0.15) is 0 Å². The van der Waals surface area contributed by atoms with Crippen LogP contribution in [0, 0.1) is 0 Å². The van der Waals surface area contributed by atoms with Crippen molar-refractivity contribution in [3.05, 3.63) is 0 Å². The normalized spacial score (nSPS) is 60.3. The minimum absolute atomic E-state index is 0.461. The molecular formula is C6H15BN4. The fourth-order valence-electron chi connectivity index (χ4n) is 2.23. The topological polar surface area (TPSA) is 9.72 Å². The third kappa shape index (κ3) is 0.855. The van der Waals surface area contributed by atoms with Crippen molar-refractivity contribution < 1.29 is 4.39 Å². The Morgan fingerprint density at radius 2 is 1.18 bits per heavy atom. The van der Waals surface area contributed by atoms with Gasteiger partial charge in [0.2, 0.25) is 0 Å². The van der Waals surface area contributed by atoms with Crippen LogP contribution in [0.15, 0.2) is 0 Å². The van der Waals surface area contributed by atoms with Gasteiger partial charge in [-0.3, -0.25) is 0 Å². The average molecular weight is 154 g/mol. The monoisotopic (exact) mass is 154 g/mol. The first-order valence-electron chi connectivity index (χ1n) is 3.79. The minimum atomic E-state index is 0.461. The van der Waals surface area contributed by atoms with Gasteiger partial charge in [-0.05, 0) is 0 Å². The van der Waals surface area contributed by atoms with E-state index >= 15 is 0 Å². The van der Waals surface area contributed by atoms with Crippen LogP contribution in [0.1, 0.15) is 0 Å². The molecule has 0 radical (unpaired) electrons. The Hall–Kier alpha value is -0.0951. The van der Waals surface area contributed by atoms with Crippen LogP contribution in [0.25, 0.3) is 0 Å². The Morgan fingerprint density at radius 3 is 1.45 bits per heavy atom. The molecule has 4 rings (SSSR count). The van der Waals surface area contributed by atoms with E-state index in [4.69, 9.17) is 0 Å². The second kappa shape index (κ2) is 1.80. The molecule has 4 fully saturated rings. The summed E-state index contributed by atoms with van der Waals surface area (Å²) in [6.45, 7) is 7.82. The molecule has 4 nitrogen and oxygen atoms in total. The lowest BCUT2D eigenvalue weighted by molar-refractivity contribution is -0.883. The number of hydrogen-bond donors (Lipinski definition) is 0. The highest BCUT2D eigenvalue weighted by molar-refractivity contribution is 5.97. The lowest BCUT2D eigenvalue weighted by Gasteiger charge is -2.64. The molecule has 0 spiro atoms. The fraction of sp³-hybridized carbons (Fsp3) is 1.00. The Balaban J connectivity index is 1.94. The molecule has 0 aromatic heterocycles. The van der Waals surface area contributed by atoms with Crippen molar-refractivity contribution in [2.45, 2.75) is 0 Å². The summed E-state index contributed by atoms with van der Waals surface area (Å²) < 4.78 is 1.46. The highest BCUT2D eigenvalue weighted by atomic mass is 15.7. The molecule has 0 aliphatic carbocycles. The molecular weight excluding hydrogens is 139 g/mol. The van der Waals surface area contributed by atoms with Gasteiger partial charge in [-0.15, -0.1) is 0 Å². The van der Waals surface area contributed by atoms with Crippen LogP contribution in [0.2, 0.25) is 0 Å². The van der Waals surface area contributed by atoms with Crippen LogP contribution in [-0.2, 0) is 0 Å². The number of nitrogens with zero attached hydrogens (tertiary/aromatic N) is 4. The maximum Gasteiger partial charge on any atom is 0.172 e. The van der Waals surface area contributed by atoms with Crippen LogP contribution < -0.4 is 0 Å². The van der Waals surface area contributed by atoms with Gasteiger partial charge < -0.3 is 4.39 Å². The molecule has 4 aliphatic heterocycles. The van der Waals surface area contributed by atoms with Crippen LogP contribution in [0.5, 0.6) is 0 Å². The summed E-state index contributed by atoms with van der Waals surface area (Å²) in [6, 6.07) is 0. The molecule has 5 heteroatoms. The molecule has 4 aliphatic rings. The molecule has 0 saturated carbocycles. The molecule has 0 atom stereocenters. The Morgan fingerprint density at radius 1 is 0.818 bits per heavy atom. The van der Waals surface area contributed by atoms with Gasteiger partial charge in [0.05, 0.1) is 40.0 Å². The Labute approximate surface area is 68.0 Å². The van der Waals surface area contributed by atoms with Gasteiger partial charge in [-0.25, -0.2) is 14.7 Å². The van der Waals surface area contributed by atoms with Crippen molar-refractivity contribution in [3.8, 4) is 0 Å². The van der Waals surface area contributed by atoms with Gasteiger partial charge >= 0.3 is 0 Å². The van der Waals surface area contributed by atoms with E-state index in [9.17, 15) is 0 Å². The SMILES string of the molecule is [BH3-][N+]12CN3CN(CN(C3)C1)C2. The molecule has 4 saturated heterocycles. The minimum Gasteiger partial charge on any atom is -0.484 e. The Kier molecular flexibility index (Phi) is 1.05. The molecule has 4 bridgehead atoms. The van der Waals surface area contributed by atoms with Crippen LogP contribution in [0.4, 0.5) is 0 Å². The first-order valence-corrected chi connectivity index (χ1v) is 3.79. The second-order valence-corrected chi connectivity index (χ2v) is 3.53. The lowest BCUT2D eigenvalue weighted by Crippen LogP contribution is -2.78. The van der Waals surface area contributed by atoms with E-state index in [0.717, 1.165) is 0 Å². The standard InChI is InChI=1S/C6H15BN4/c7-11-4-8-1-9(5-11)3-10(2-8)6-11/h1-6H2,7H3. The van der Waals surface area contributed by atoms with Crippen molar-refractivity contribution in [2.75, 3.05) is 40.0 Å². The number of rotatable bonds is 0.